The van der Waals surface area contributed by atoms with Gasteiger partial charge < -0.3 is 15.5 Å². The molecule has 0 atom stereocenters. The standard InChI is InChI=1S/C21H25FN4O/c22-17-5-7-18(8-6-17)25-13-14-26(20-4-2-1-3-19(20)25)21(27)24-15-16-9-11-23-12-10-16/h1-8,16,23H,9-15H2,(H,24,27). The summed E-state index contributed by atoms with van der Waals surface area (Å²) in [7, 11) is 0. The van der Waals surface area contributed by atoms with Crippen LogP contribution in [0.3, 0.4) is 0 Å². The summed E-state index contributed by atoms with van der Waals surface area (Å²) in [5, 5.41) is 6.47. The molecule has 0 spiro atoms. The fourth-order valence-electron chi connectivity index (χ4n) is 3.87. The van der Waals surface area contributed by atoms with Crippen molar-refractivity contribution in [2.75, 3.05) is 42.5 Å². The fraction of sp³-hybridized carbons (Fsp3) is 0.381. The maximum Gasteiger partial charge on any atom is 0.322 e. The predicted octanol–water partition coefficient (Wildman–Crippen LogP) is 3.49. The van der Waals surface area contributed by atoms with Crippen molar-refractivity contribution < 1.29 is 9.18 Å². The van der Waals surface area contributed by atoms with Crippen molar-refractivity contribution in [1.29, 1.82) is 0 Å². The summed E-state index contributed by atoms with van der Waals surface area (Å²) >= 11 is 0. The third-order valence-electron chi connectivity index (χ3n) is 5.39. The first-order valence-electron chi connectivity index (χ1n) is 9.60. The van der Waals surface area contributed by atoms with Crippen molar-refractivity contribution in [2.24, 2.45) is 5.92 Å². The number of nitrogens with one attached hydrogen (secondary N) is 2. The number of anilines is 3. The van der Waals surface area contributed by atoms with Crippen LogP contribution in [0.15, 0.2) is 48.5 Å². The molecule has 2 aromatic rings. The summed E-state index contributed by atoms with van der Waals surface area (Å²) < 4.78 is 13.3. The summed E-state index contributed by atoms with van der Waals surface area (Å²) in [6.45, 7) is 4.04. The number of urea groups is 1. The number of rotatable bonds is 3. The first kappa shape index (κ1) is 17.8. The van der Waals surface area contributed by atoms with Crippen molar-refractivity contribution in [3.8, 4) is 0 Å². The Labute approximate surface area is 159 Å². The molecule has 2 aromatic carbocycles. The lowest BCUT2D eigenvalue weighted by molar-refractivity contribution is 0.242. The Morgan fingerprint density at radius 1 is 1.04 bits per heavy atom. The normalized spacial score (nSPS) is 17.5. The van der Waals surface area contributed by atoms with Crippen LogP contribution in [0.2, 0.25) is 0 Å². The first-order chi connectivity index (χ1) is 13.2. The molecular weight excluding hydrogens is 343 g/mol. The van der Waals surface area contributed by atoms with Gasteiger partial charge in [0.1, 0.15) is 5.82 Å². The highest BCUT2D eigenvalue weighted by atomic mass is 19.1. The van der Waals surface area contributed by atoms with Crippen molar-refractivity contribution in [3.63, 3.8) is 0 Å². The molecule has 0 unspecified atom stereocenters. The molecule has 0 bridgehead atoms. The van der Waals surface area contributed by atoms with Crippen LogP contribution in [0.1, 0.15) is 12.8 Å². The van der Waals surface area contributed by atoms with E-state index in [9.17, 15) is 9.18 Å². The Morgan fingerprint density at radius 3 is 2.48 bits per heavy atom. The largest absolute Gasteiger partial charge is 0.338 e. The minimum absolute atomic E-state index is 0.0419. The van der Waals surface area contributed by atoms with E-state index >= 15 is 0 Å². The van der Waals surface area contributed by atoms with E-state index in [0.717, 1.165) is 49.5 Å². The number of hydrogen-bond acceptors (Lipinski definition) is 3. The summed E-state index contributed by atoms with van der Waals surface area (Å²) in [6, 6.07) is 14.3. The molecule has 2 aliphatic heterocycles. The molecule has 0 saturated carbocycles. The molecule has 2 aliphatic rings. The minimum Gasteiger partial charge on any atom is -0.338 e. The average Bonchev–Trinajstić information content (AvgIpc) is 2.73. The molecule has 27 heavy (non-hydrogen) atoms. The second kappa shape index (κ2) is 7.96. The van der Waals surface area contributed by atoms with Gasteiger partial charge in [0.05, 0.1) is 11.4 Å². The monoisotopic (exact) mass is 368 g/mol. The van der Waals surface area contributed by atoms with Crippen molar-refractivity contribution in [1.82, 2.24) is 10.6 Å². The number of fused-ring (bicyclic) bond motifs is 1. The van der Waals surface area contributed by atoms with Gasteiger partial charge in [-0.25, -0.2) is 9.18 Å². The van der Waals surface area contributed by atoms with E-state index in [1.807, 2.05) is 29.2 Å². The van der Waals surface area contributed by atoms with Gasteiger partial charge >= 0.3 is 6.03 Å². The number of halogens is 1. The Morgan fingerprint density at radius 2 is 1.74 bits per heavy atom. The van der Waals surface area contributed by atoms with E-state index in [-0.39, 0.29) is 11.8 Å². The van der Waals surface area contributed by atoms with Crippen molar-refractivity contribution >= 4 is 23.1 Å². The average molecular weight is 368 g/mol. The van der Waals surface area contributed by atoms with Gasteiger partial charge in [-0.2, -0.15) is 0 Å². The van der Waals surface area contributed by atoms with Crippen LogP contribution in [-0.4, -0.2) is 38.8 Å². The van der Waals surface area contributed by atoms with Gasteiger partial charge in [-0.3, -0.25) is 4.90 Å². The summed E-state index contributed by atoms with van der Waals surface area (Å²) in [6.07, 6.45) is 2.21. The van der Waals surface area contributed by atoms with E-state index < -0.39 is 0 Å². The van der Waals surface area contributed by atoms with Crippen LogP contribution >= 0.6 is 0 Å². The number of carbonyl (C=O) groups is 1. The third kappa shape index (κ3) is 3.90. The molecule has 6 heteroatoms. The second-order valence-corrected chi connectivity index (χ2v) is 7.15. The lowest BCUT2D eigenvalue weighted by atomic mass is 9.98. The van der Waals surface area contributed by atoms with E-state index in [4.69, 9.17) is 0 Å². The van der Waals surface area contributed by atoms with Crippen LogP contribution in [0.5, 0.6) is 0 Å². The van der Waals surface area contributed by atoms with E-state index in [1.54, 1.807) is 12.1 Å². The SMILES string of the molecule is O=C(NCC1CCNCC1)N1CCN(c2ccc(F)cc2)c2ccccc21. The summed E-state index contributed by atoms with van der Waals surface area (Å²) in [4.78, 5) is 16.8. The summed E-state index contributed by atoms with van der Waals surface area (Å²) in [5.41, 5.74) is 2.78. The van der Waals surface area contributed by atoms with Gasteiger partial charge in [-0.05, 0) is 68.2 Å². The predicted molar refractivity (Wildman–Crippen MR) is 106 cm³/mol. The van der Waals surface area contributed by atoms with Gasteiger partial charge in [0, 0.05) is 25.3 Å². The van der Waals surface area contributed by atoms with E-state index in [1.165, 1.54) is 12.1 Å². The first-order valence-corrected chi connectivity index (χ1v) is 9.60. The van der Waals surface area contributed by atoms with Gasteiger partial charge in [0.15, 0.2) is 0 Å². The lowest BCUT2D eigenvalue weighted by Crippen LogP contribution is -2.48. The maximum atomic E-state index is 13.3. The number of hydrogen-bond donors (Lipinski definition) is 2. The molecule has 5 nitrogen and oxygen atoms in total. The number of amides is 2. The topological polar surface area (TPSA) is 47.6 Å². The van der Waals surface area contributed by atoms with Crippen molar-refractivity contribution in [2.45, 2.75) is 12.8 Å². The minimum atomic E-state index is -0.247. The van der Waals surface area contributed by atoms with Crippen LogP contribution in [-0.2, 0) is 0 Å². The van der Waals surface area contributed by atoms with Crippen molar-refractivity contribution in [3.05, 3.63) is 54.3 Å². The highest BCUT2D eigenvalue weighted by molar-refractivity contribution is 5.97. The van der Waals surface area contributed by atoms with E-state index in [2.05, 4.69) is 15.5 Å². The maximum absolute atomic E-state index is 13.3. The number of piperidine rings is 1. The zero-order valence-corrected chi connectivity index (χ0v) is 15.3. The number of carbonyl (C=O) groups excluding carboxylic acids is 1. The van der Waals surface area contributed by atoms with Crippen LogP contribution in [0.25, 0.3) is 0 Å². The smallest absolute Gasteiger partial charge is 0.322 e. The Hall–Kier alpha value is -2.60. The third-order valence-corrected chi connectivity index (χ3v) is 5.39. The van der Waals surface area contributed by atoms with E-state index in [0.29, 0.717) is 19.0 Å². The molecule has 2 heterocycles. The molecule has 1 saturated heterocycles. The van der Waals surface area contributed by atoms with Crippen LogP contribution in [0, 0.1) is 11.7 Å². The van der Waals surface area contributed by atoms with Gasteiger partial charge in [-0.15, -0.1) is 0 Å². The molecule has 1 fully saturated rings. The molecule has 4 rings (SSSR count). The van der Waals surface area contributed by atoms with Gasteiger partial charge in [0.25, 0.3) is 0 Å². The van der Waals surface area contributed by atoms with Gasteiger partial charge in [-0.1, -0.05) is 12.1 Å². The lowest BCUT2D eigenvalue weighted by Gasteiger charge is -2.38. The highest BCUT2D eigenvalue weighted by Gasteiger charge is 2.27. The zero-order valence-electron chi connectivity index (χ0n) is 15.3. The van der Waals surface area contributed by atoms with Crippen LogP contribution in [0.4, 0.5) is 26.2 Å². The Kier molecular flexibility index (Phi) is 5.25. The highest BCUT2D eigenvalue weighted by Crippen LogP contribution is 2.37. The number of nitrogens with zero attached hydrogens (tertiary/aromatic N) is 2. The second-order valence-electron chi connectivity index (χ2n) is 7.15. The van der Waals surface area contributed by atoms with Gasteiger partial charge in [0.2, 0.25) is 0 Å². The molecule has 0 radical (unpaired) electrons. The zero-order chi connectivity index (χ0) is 18.6. The summed E-state index contributed by atoms with van der Waals surface area (Å²) in [5.74, 6) is 0.300. The fourth-order valence-corrected chi connectivity index (χ4v) is 3.87. The molecule has 142 valence electrons. The molecular formula is C21H25FN4O. The molecule has 2 N–H and O–H groups in total. The molecule has 0 aromatic heterocycles. The van der Waals surface area contributed by atoms with Crippen LogP contribution < -0.4 is 20.4 Å². The quantitative estimate of drug-likeness (QED) is 0.872. The number of benzene rings is 2. The Bertz CT molecular complexity index is 789. The molecule has 0 aliphatic carbocycles. The number of para-hydroxylation sites is 2. The molecule has 2 amide bonds. The Balaban J connectivity index is 1.50.